The molecule has 2 amide bonds. The van der Waals surface area contributed by atoms with E-state index >= 15 is 0 Å². The van der Waals surface area contributed by atoms with Crippen molar-refractivity contribution in [3.8, 4) is 17.6 Å². The highest BCUT2D eigenvalue weighted by atomic mass is 35.5. The van der Waals surface area contributed by atoms with Crippen LogP contribution in [0.25, 0.3) is 0 Å². The molecule has 5 aromatic rings. The average molecular weight is 600 g/mol. The quantitative estimate of drug-likeness (QED) is 0.240. The monoisotopic (exact) mass is 599 g/mol. The van der Waals surface area contributed by atoms with E-state index in [0.717, 1.165) is 11.1 Å². The second-order valence-electron chi connectivity index (χ2n) is 8.92. The highest BCUT2D eigenvalue weighted by Gasteiger charge is 2.22. The molecule has 0 bridgehead atoms. The minimum absolute atomic E-state index is 0.0379. The van der Waals surface area contributed by atoms with Gasteiger partial charge in [0.15, 0.2) is 0 Å². The summed E-state index contributed by atoms with van der Waals surface area (Å²) in [7, 11) is 3.13. The van der Waals surface area contributed by atoms with Gasteiger partial charge in [0.25, 0.3) is 11.8 Å². The van der Waals surface area contributed by atoms with Crippen LogP contribution < -0.4 is 20.1 Å². The third-order valence-electron chi connectivity index (χ3n) is 6.15. The van der Waals surface area contributed by atoms with Gasteiger partial charge in [0.05, 0.1) is 55.3 Å². The van der Waals surface area contributed by atoms with Crippen LogP contribution in [0.3, 0.4) is 0 Å². The van der Waals surface area contributed by atoms with Crippen molar-refractivity contribution in [2.75, 3.05) is 24.9 Å². The lowest BCUT2D eigenvalue weighted by Crippen LogP contribution is -2.21. The molecule has 0 saturated carbocycles. The van der Waals surface area contributed by atoms with Gasteiger partial charge >= 0.3 is 0 Å². The molecule has 216 valence electrons. The molecule has 0 fully saturated rings. The number of nitriles is 1. The first-order chi connectivity index (χ1) is 20.9. The van der Waals surface area contributed by atoms with Gasteiger partial charge in [0, 0.05) is 0 Å². The van der Waals surface area contributed by atoms with Crippen LogP contribution in [-0.2, 0) is 13.1 Å². The molecule has 0 aliphatic heterocycles. The summed E-state index contributed by atoms with van der Waals surface area (Å²) in [6.07, 6.45) is 0. The molecule has 0 unspecified atom stereocenters. The van der Waals surface area contributed by atoms with E-state index in [1.54, 1.807) is 38.5 Å². The Hall–Kier alpha value is -5.88. The maximum Gasteiger partial charge on any atom is 0.295 e. The molecule has 2 N–H and O–H groups in total. The van der Waals surface area contributed by atoms with Crippen molar-refractivity contribution in [3.63, 3.8) is 0 Å². The van der Waals surface area contributed by atoms with E-state index < -0.39 is 11.8 Å². The lowest BCUT2D eigenvalue weighted by atomic mass is 10.1. The van der Waals surface area contributed by atoms with Crippen molar-refractivity contribution >= 4 is 34.8 Å². The molecule has 0 aliphatic rings. The van der Waals surface area contributed by atoms with Gasteiger partial charge in [-0.15, -0.1) is 10.2 Å². The Morgan fingerprint density at radius 3 is 1.58 bits per heavy atom. The van der Waals surface area contributed by atoms with Crippen LogP contribution in [0.5, 0.6) is 11.5 Å². The summed E-state index contributed by atoms with van der Waals surface area (Å²) in [5.74, 6) is -0.202. The number of tetrazole rings is 2. The number of nitrogens with one attached hydrogen (secondary N) is 2. The number of hydrogen-bond donors (Lipinski definition) is 2. The molecule has 5 rings (SSSR count). The fraction of sp³-hybridized carbons (Fsp3) is 0.148. The van der Waals surface area contributed by atoms with E-state index in [1.165, 1.54) is 21.5 Å². The Morgan fingerprint density at radius 2 is 1.21 bits per heavy atom. The van der Waals surface area contributed by atoms with Crippen LogP contribution in [0.2, 0.25) is 5.02 Å². The number of carbonyl (C=O) groups excluding carboxylic acids is 2. The summed E-state index contributed by atoms with van der Waals surface area (Å²) in [5.41, 5.74) is 1.87. The number of nitrogens with zero attached hydrogens (tertiary/aromatic N) is 9. The lowest BCUT2D eigenvalue weighted by Gasteiger charge is -2.13. The number of amides is 2. The molecule has 16 heteroatoms. The minimum atomic E-state index is -0.684. The van der Waals surface area contributed by atoms with Gasteiger partial charge in [-0.1, -0.05) is 35.9 Å². The zero-order chi connectivity index (χ0) is 30.3. The number of carbonyl (C=O) groups is 2. The first kappa shape index (κ1) is 28.6. The molecule has 0 atom stereocenters. The van der Waals surface area contributed by atoms with E-state index in [0.29, 0.717) is 11.5 Å². The van der Waals surface area contributed by atoms with E-state index in [4.69, 9.17) is 21.1 Å². The standard InChI is InChI=1S/C27H22ClN11O4/c1-42-19-7-3-16(4-8-19)14-38-24(32-34-36-38)26(40)30-21-11-18(13-29)12-22(23(21)28)31-27(41)25-33-35-37-39(25)15-17-5-9-20(43-2)10-6-17/h3-12H,14-15H2,1-2H3,(H,30,40)(H,31,41). The highest BCUT2D eigenvalue weighted by molar-refractivity contribution is 6.37. The van der Waals surface area contributed by atoms with Gasteiger partial charge in [-0.2, -0.15) is 5.26 Å². The number of benzene rings is 3. The molecule has 0 saturated heterocycles. The first-order valence-electron chi connectivity index (χ1n) is 12.5. The normalized spacial score (nSPS) is 10.6. The Bertz CT molecular complexity index is 1690. The maximum atomic E-state index is 13.2. The summed E-state index contributed by atoms with van der Waals surface area (Å²) < 4.78 is 13.0. The van der Waals surface area contributed by atoms with Crippen LogP contribution in [-0.4, -0.2) is 66.4 Å². The number of anilines is 2. The Morgan fingerprint density at radius 1 is 0.791 bits per heavy atom. The van der Waals surface area contributed by atoms with Crippen molar-refractivity contribution in [3.05, 3.63) is 94.0 Å². The third kappa shape index (κ3) is 6.55. The fourth-order valence-corrected chi connectivity index (χ4v) is 4.19. The molecular formula is C27H22ClN11O4. The van der Waals surface area contributed by atoms with Gasteiger partial charge in [0.1, 0.15) is 11.5 Å². The predicted octanol–water partition coefficient (Wildman–Crippen LogP) is 2.80. The van der Waals surface area contributed by atoms with Crippen molar-refractivity contribution in [2.45, 2.75) is 13.1 Å². The number of aromatic nitrogens is 8. The van der Waals surface area contributed by atoms with Gasteiger partial charge < -0.3 is 20.1 Å². The van der Waals surface area contributed by atoms with Crippen LogP contribution >= 0.6 is 11.6 Å². The zero-order valence-electron chi connectivity index (χ0n) is 22.7. The molecule has 0 spiro atoms. The van der Waals surface area contributed by atoms with Crippen LogP contribution in [0.1, 0.15) is 37.9 Å². The molecule has 3 aromatic carbocycles. The molecule has 0 radical (unpaired) electrons. The highest BCUT2D eigenvalue weighted by Crippen LogP contribution is 2.32. The Kier molecular flexibility index (Phi) is 8.49. The SMILES string of the molecule is COc1ccc(Cn2nnnc2C(=O)Nc2cc(C#N)cc(NC(=O)c3nnnn3Cc3ccc(OC)cc3)c2Cl)cc1. The zero-order valence-corrected chi connectivity index (χ0v) is 23.5. The molecule has 2 heterocycles. The van der Waals surface area contributed by atoms with E-state index in [-0.39, 0.29) is 46.7 Å². The molecule has 2 aromatic heterocycles. The predicted molar refractivity (Wildman–Crippen MR) is 152 cm³/mol. The summed E-state index contributed by atoms with van der Waals surface area (Å²) in [4.78, 5) is 26.3. The number of hydrogen-bond acceptors (Lipinski definition) is 11. The number of rotatable bonds is 10. The third-order valence-corrected chi connectivity index (χ3v) is 6.56. The fourth-order valence-electron chi connectivity index (χ4n) is 3.98. The molecule has 43 heavy (non-hydrogen) atoms. The summed E-state index contributed by atoms with van der Waals surface area (Å²) in [5, 5.41) is 37.5. The Balaban J connectivity index is 1.33. The van der Waals surface area contributed by atoms with Crippen LogP contribution in [0.15, 0.2) is 60.7 Å². The summed E-state index contributed by atoms with van der Waals surface area (Å²) in [6.45, 7) is 0.413. The van der Waals surface area contributed by atoms with Crippen molar-refractivity contribution in [1.29, 1.82) is 5.26 Å². The topological polar surface area (TPSA) is 188 Å². The number of methoxy groups -OCH3 is 2. The second-order valence-corrected chi connectivity index (χ2v) is 9.30. The van der Waals surface area contributed by atoms with Crippen molar-refractivity contribution < 1.29 is 19.1 Å². The summed E-state index contributed by atoms with van der Waals surface area (Å²) in [6, 6.07) is 19.1. The molecule has 15 nitrogen and oxygen atoms in total. The minimum Gasteiger partial charge on any atom is -0.497 e. The lowest BCUT2D eigenvalue weighted by molar-refractivity contribution is 0.100. The Labute approximate surface area is 249 Å². The smallest absolute Gasteiger partial charge is 0.295 e. The van der Waals surface area contributed by atoms with Gasteiger partial charge in [-0.05, 0) is 68.4 Å². The van der Waals surface area contributed by atoms with Gasteiger partial charge in [0.2, 0.25) is 11.6 Å². The van der Waals surface area contributed by atoms with E-state index in [1.807, 2.05) is 30.3 Å². The number of ether oxygens (including phenoxy) is 2. The van der Waals surface area contributed by atoms with Gasteiger partial charge in [-0.3, -0.25) is 9.59 Å². The first-order valence-corrected chi connectivity index (χ1v) is 12.9. The molecule has 0 aliphatic carbocycles. The van der Waals surface area contributed by atoms with Crippen LogP contribution in [0.4, 0.5) is 11.4 Å². The summed E-state index contributed by atoms with van der Waals surface area (Å²) >= 11 is 6.57. The van der Waals surface area contributed by atoms with Crippen molar-refractivity contribution in [1.82, 2.24) is 40.4 Å². The number of halogens is 1. The molecular weight excluding hydrogens is 578 g/mol. The van der Waals surface area contributed by atoms with E-state index in [2.05, 4.69) is 41.7 Å². The second kappa shape index (κ2) is 12.7. The van der Waals surface area contributed by atoms with Crippen LogP contribution in [0, 0.1) is 11.3 Å². The maximum absolute atomic E-state index is 13.2. The van der Waals surface area contributed by atoms with Crippen molar-refractivity contribution in [2.24, 2.45) is 0 Å². The largest absolute Gasteiger partial charge is 0.497 e. The van der Waals surface area contributed by atoms with E-state index in [9.17, 15) is 14.9 Å². The van der Waals surface area contributed by atoms with Gasteiger partial charge in [-0.25, -0.2) is 9.36 Å². The average Bonchev–Trinajstić information content (AvgIpc) is 3.69.